The number of hydrogen-bond donors (Lipinski definition) is 2. The molecule has 0 radical (unpaired) electrons. The van der Waals surface area contributed by atoms with Crippen LogP contribution in [0.4, 0.5) is 5.13 Å². The molecule has 2 aromatic rings. The van der Waals surface area contributed by atoms with E-state index in [2.05, 4.69) is 10.3 Å². The Morgan fingerprint density at radius 2 is 2.27 bits per heavy atom. The van der Waals surface area contributed by atoms with Gasteiger partial charge in [-0.25, -0.2) is 4.98 Å². The number of fused-ring (bicyclic) bond motifs is 1. The minimum absolute atomic E-state index is 0.241. The quantitative estimate of drug-likeness (QED) is 0.822. The molecule has 0 amide bonds. The number of aromatic hydroxyl groups is 1. The van der Waals surface area contributed by atoms with Crippen LogP contribution in [0.1, 0.15) is 5.56 Å². The van der Waals surface area contributed by atoms with Gasteiger partial charge in [0, 0.05) is 18.7 Å². The van der Waals surface area contributed by atoms with Gasteiger partial charge in [0.15, 0.2) is 5.13 Å². The molecule has 0 aliphatic heterocycles. The Morgan fingerprint density at radius 1 is 1.53 bits per heavy atom. The van der Waals surface area contributed by atoms with Gasteiger partial charge in [-0.05, 0) is 6.92 Å². The summed E-state index contributed by atoms with van der Waals surface area (Å²) in [6.45, 7) is 1.87. The van der Waals surface area contributed by atoms with E-state index in [0.717, 1.165) is 20.9 Å². The van der Waals surface area contributed by atoms with Crippen LogP contribution >= 0.6 is 11.3 Å². The molecule has 0 unspecified atom stereocenters. The first kappa shape index (κ1) is 10.0. The van der Waals surface area contributed by atoms with Gasteiger partial charge in [0.05, 0.1) is 11.8 Å². The van der Waals surface area contributed by atoms with Crippen LogP contribution in [0.5, 0.6) is 11.5 Å². The Bertz CT molecular complexity index is 508. The number of aryl methyl sites for hydroxylation is 1. The zero-order valence-electron chi connectivity index (χ0n) is 8.79. The number of anilines is 1. The number of aromatic nitrogens is 1. The highest BCUT2D eigenvalue weighted by Crippen LogP contribution is 2.39. The molecule has 2 N–H and O–H groups in total. The van der Waals surface area contributed by atoms with Crippen LogP contribution in [0.2, 0.25) is 0 Å². The predicted molar refractivity (Wildman–Crippen MR) is 62.1 cm³/mol. The van der Waals surface area contributed by atoms with E-state index in [4.69, 9.17) is 4.74 Å². The molecule has 0 atom stereocenters. The molecule has 1 heterocycles. The summed E-state index contributed by atoms with van der Waals surface area (Å²) in [4.78, 5) is 4.38. The summed E-state index contributed by atoms with van der Waals surface area (Å²) < 4.78 is 6.13. The maximum atomic E-state index is 9.69. The minimum atomic E-state index is 0.241. The van der Waals surface area contributed by atoms with Crippen LogP contribution in [0, 0.1) is 6.92 Å². The van der Waals surface area contributed by atoms with E-state index < -0.39 is 0 Å². The fourth-order valence-electron chi connectivity index (χ4n) is 1.42. The van der Waals surface area contributed by atoms with E-state index in [1.807, 2.05) is 14.0 Å². The zero-order valence-corrected chi connectivity index (χ0v) is 9.60. The third-order valence-corrected chi connectivity index (χ3v) is 3.48. The van der Waals surface area contributed by atoms with Crippen molar-refractivity contribution in [3.8, 4) is 11.5 Å². The number of rotatable bonds is 2. The molecule has 0 saturated heterocycles. The predicted octanol–water partition coefficient (Wildman–Crippen LogP) is 2.36. The fraction of sp³-hybridized carbons (Fsp3) is 0.300. The number of nitrogens with one attached hydrogen (secondary N) is 1. The smallest absolute Gasteiger partial charge is 0.183 e. The van der Waals surface area contributed by atoms with Gasteiger partial charge in [-0.3, -0.25) is 0 Å². The van der Waals surface area contributed by atoms with Crippen LogP contribution in [0.25, 0.3) is 10.2 Å². The summed E-state index contributed by atoms with van der Waals surface area (Å²) in [5.41, 5.74) is 1.63. The summed E-state index contributed by atoms with van der Waals surface area (Å²) in [5.74, 6) is 0.844. The van der Waals surface area contributed by atoms with E-state index in [9.17, 15) is 5.11 Å². The van der Waals surface area contributed by atoms with Crippen LogP contribution in [-0.2, 0) is 0 Å². The molecule has 15 heavy (non-hydrogen) atoms. The molecule has 0 saturated carbocycles. The Kier molecular flexibility index (Phi) is 2.40. The van der Waals surface area contributed by atoms with E-state index in [-0.39, 0.29) is 5.75 Å². The van der Waals surface area contributed by atoms with E-state index in [1.165, 1.54) is 11.3 Å². The lowest BCUT2D eigenvalue weighted by Crippen LogP contribution is -1.87. The number of methoxy groups -OCH3 is 1. The summed E-state index contributed by atoms with van der Waals surface area (Å²) >= 11 is 1.51. The number of phenols is 1. The molecule has 0 fully saturated rings. The summed E-state index contributed by atoms with van der Waals surface area (Å²) in [7, 11) is 3.39. The number of hydrogen-bond acceptors (Lipinski definition) is 5. The lowest BCUT2D eigenvalue weighted by atomic mass is 10.2. The molecule has 1 aromatic heterocycles. The van der Waals surface area contributed by atoms with Gasteiger partial charge in [0.1, 0.15) is 17.0 Å². The highest BCUT2D eigenvalue weighted by molar-refractivity contribution is 7.22. The van der Waals surface area contributed by atoms with Gasteiger partial charge in [-0.15, -0.1) is 0 Å². The topological polar surface area (TPSA) is 54.4 Å². The van der Waals surface area contributed by atoms with E-state index >= 15 is 0 Å². The van der Waals surface area contributed by atoms with Gasteiger partial charge < -0.3 is 15.2 Å². The fourth-order valence-corrected chi connectivity index (χ4v) is 2.35. The lowest BCUT2D eigenvalue weighted by Gasteiger charge is -2.04. The Labute approximate surface area is 91.5 Å². The van der Waals surface area contributed by atoms with Crippen molar-refractivity contribution in [3.63, 3.8) is 0 Å². The molecule has 0 spiro atoms. The molecular weight excluding hydrogens is 212 g/mol. The molecule has 80 valence electrons. The molecule has 2 rings (SSSR count). The molecule has 0 bridgehead atoms. The van der Waals surface area contributed by atoms with Gasteiger partial charge >= 0.3 is 0 Å². The molecular formula is C10H12N2O2S. The van der Waals surface area contributed by atoms with Crippen LogP contribution in [-0.4, -0.2) is 24.2 Å². The van der Waals surface area contributed by atoms with Gasteiger partial charge in [0.25, 0.3) is 0 Å². The summed E-state index contributed by atoms with van der Waals surface area (Å²) in [6.07, 6.45) is 0. The van der Waals surface area contributed by atoms with Crippen molar-refractivity contribution in [2.45, 2.75) is 6.92 Å². The van der Waals surface area contributed by atoms with Crippen molar-refractivity contribution in [1.82, 2.24) is 4.98 Å². The highest BCUT2D eigenvalue weighted by Gasteiger charge is 2.13. The monoisotopic (exact) mass is 224 g/mol. The normalized spacial score (nSPS) is 10.6. The average Bonchev–Trinajstić information content (AvgIpc) is 2.67. The van der Waals surface area contributed by atoms with Gasteiger partial charge in [-0.2, -0.15) is 0 Å². The maximum absolute atomic E-state index is 9.69. The number of nitrogens with zero attached hydrogens (tertiary/aromatic N) is 1. The standard InChI is InChI=1S/C10H12N2O2S/c1-5-6(13)4-7(14-3)8-9(5)15-10(11-2)12-8/h4,13H,1-3H3,(H,11,12). The van der Waals surface area contributed by atoms with Gasteiger partial charge in [-0.1, -0.05) is 11.3 Å². The first-order chi connectivity index (χ1) is 7.17. The molecule has 0 aliphatic carbocycles. The molecule has 0 aliphatic rings. The summed E-state index contributed by atoms with van der Waals surface area (Å²) in [5, 5.41) is 13.5. The number of thiazole rings is 1. The zero-order chi connectivity index (χ0) is 11.0. The van der Waals surface area contributed by atoms with E-state index in [1.54, 1.807) is 13.2 Å². The van der Waals surface area contributed by atoms with E-state index in [0.29, 0.717) is 5.75 Å². The number of benzene rings is 1. The maximum Gasteiger partial charge on any atom is 0.183 e. The van der Waals surface area contributed by atoms with Crippen molar-refractivity contribution >= 4 is 26.7 Å². The van der Waals surface area contributed by atoms with Crippen LogP contribution in [0.3, 0.4) is 0 Å². The van der Waals surface area contributed by atoms with Crippen molar-refractivity contribution < 1.29 is 9.84 Å². The second-order valence-electron chi connectivity index (χ2n) is 3.17. The number of ether oxygens (including phenoxy) is 1. The van der Waals surface area contributed by atoms with Crippen molar-refractivity contribution in [1.29, 1.82) is 0 Å². The second kappa shape index (κ2) is 3.58. The Hall–Kier alpha value is -1.49. The number of phenolic OH excluding ortho intramolecular Hbond substituents is 1. The third-order valence-electron chi connectivity index (χ3n) is 2.29. The second-order valence-corrected chi connectivity index (χ2v) is 4.17. The average molecular weight is 224 g/mol. The van der Waals surface area contributed by atoms with Gasteiger partial charge in [0.2, 0.25) is 0 Å². The SMILES string of the molecule is CNc1nc2c(OC)cc(O)c(C)c2s1. The summed E-state index contributed by atoms with van der Waals surface area (Å²) in [6, 6.07) is 1.59. The minimum Gasteiger partial charge on any atom is -0.507 e. The molecule has 5 heteroatoms. The van der Waals surface area contributed by atoms with Crippen molar-refractivity contribution in [2.24, 2.45) is 0 Å². The van der Waals surface area contributed by atoms with Crippen molar-refractivity contribution in [3.05, 3.63) is 11.6 Å². The highest BCUT2D eigenvalue weighted by atomic mass is 32.1. The first-order valence-electron chi connectivity index (χ1n) is 4.52. The molecule has 1 aromatic carbocycles. The largest absolute Gasteiger partial charge is 0.507 e. The van der Waals surface area contributed by atoms with Crippen molar-refractivity contribution in [2.75, 3.05) is 19.5 Å². The van der Waals surface area contributed by atoms with Crippen LogP contribution < -0.4 is 10.1 Å². The first-order valence-corrected chi connectivity index (χ1v) is 5.34. The van der Waals surface area contributed by atoms with Crippen LogP contribution in [0.15, 0.2) is 6.07 Å². The lowest BCUT2D eigenvalue weighted by molar-refractivity contribution is 0.411. The Morgan fingerprint density at radius 3 is 2.87 bits per heavy atom. The Balaban J connectivity index is 2.80. The third kappa shape index (κ3) is 1.48. The molecule has 4 nitrogen and oxygen atoms in total.